The first-order chi connectivity index (χ1) is 10.1. The van der Waals surface area contributed by atoms with Gasteiger partial charge in [0.05, 0.1) is 5.56 Å². The second-order valence-electron chi connectivity index (χ2n) is 5.41. The van der Waals surface area contributed by atoms with Crippen molar-refractivity contribution in [2.45, 2.75) is 38.6 Å². The van der Waals surface area contributed by atoms with Crippen LogP contribution in [0.3, 0.4) is 0 Å². The second kappa shape index (κ2) is 7.45. The number of rotatable bonds is 5. The summed E-state index contributed by atoms with van der Waals surface area (Å²) in [6.07, 6.45) is 5.12. The average Bonchev–Trinajstić information content (AvgIpc) is 2.49. The predicted octanol–water partition coefficient (Wildman–Crippen LogP) is 2.35. The summed E-state index contributed by atoms with van der Waals surface area (Å²) in [6, 6.07) is 1.22. The third-order valence-corrected chi connectivity index (χ3v) is 3.84. The van der Waals surface area contributed by atoms with Crippen LogP contribution < -0.4 is 5.32 Å². The smallest absolute Gasteiger partial charge is 0.254 e. The van der Waals surface area contributed by atoms with Crippen LogP contribution >= 0.6 is 0 Å². The van der Waals surface area contributed by atoms with Crippen LogP contribution in [0.1, 0.15) is 43.0 Å². The molecule has 0 aliphatic carbocycles. The van der Waals surface area contributed by atoms with Gasteiger partial charge in [-0.1, -0.05) is 13.3 Å². The lowest BCUT2D eigenvalue weighted by atomic mass is 10.0. The van der Waals surface area contributed by atoms with Crippen molar-refractivity contribution in [1.82, 2.24) is 15.2 Å². The Kier molecular flexibility index (Phi) is 5.61. The van der Waals surface area contributed by atoms with E-state index in [0.717, 1.165) is 38.7 Å². The Morgan fingerprint density at radius 1 is 1.43 bits per heavy atom. The minimum atomic E-state index is -1.24. The molecule has 0 saturated carbocycles. The minimum Gasteiger partial charge on any atom is -0.349 e. The first-order valence-electron chi connectivity index (χ1n) is 7.45. The van der Waals surface area contributed by atoms with Crippen LogP contribution in [-0.4, -0.2) is 41.5 Å². The Morgan fingerprint density at radius 3 is 2.81 bits per heavy atom. The van der Waals surface area contributed by atoms with Crippen molar-refractivity contribution in [3.8, 4) is 0 Å². The number of aromatic nitrogens is 1. The SMILES string of the molecule is CCCCN1CCC(NC(=O)c2ccnc(F)c2F)CC1. The Morgan fingerprint density at radius 2 is 2.14 bits per heavy atom. The van der Waals surface area contributed by atoms with Gasteiger partial charge in [-0.25, -0.2) is 9.37 Å². The summed E-state index contributed by atoms with van der Waals surface area (Å²) in [7, 11) is 0. The number of unbranched alkanes of at least 4 members (excludes halogenated alkanes) is 1. The molecule has 2 heterocycles. The van der Waals surface area contributed by atoms with E-state index in [9.17, 15) is 13.6 Å². The van der Waals surface area contributed by atoms with Gasteiger partial charge in [0, 0.05) is 25.3 Å². The Bertz CT molecular complexity index is 488. The van der Waals surface area contributed by atoms with Crippen LogP contribution in [0.2, 0.25) is 0 Å². The molecule has 2 rings (SSSR count). The number of nitrogens with one attached hydrogen (secondary N) is 1. The van der Waals surface area contributed by atoms with E-state index >= 15 is 0 Å². The van der Waals surface area contributed by atoms with Gasteiger partial charge < -0.3 is 10.2 Å². The fraction of sp³-hybridized carbons (Fsp3) is 0.600. The largest absolute Gasteiger partial charge is 0.349 e. The number of piperidine rings is 1. The summed E-state index contributed by atoms with van der Waals surface area (Å²) in [6.45, 7) is 5.10. The van der Waals surface area contributed by atoms with E-state index in [1.807, 2.05) is 0 Å². The quantitative estimate of drug-likeness (QED) is 0.849. The fourth-order valence-electron chi connectivity index (χ4n) is 2.54. The average molecular weight is 297 g/mol. The summed E-state index contributed by atoms with van der Waals surface area (Å²) in [5, 5.41) is 2.78. The topological polar surface area (TPSA) is 45.2 Å². The highest BCUT2D eigenvalue weighted by Gasteiger charge is 2.23. The van der Waals surface area contributed by atoms with E-state index in [4.69, 9.17) is 0 Å². The summed E-state index contributed by atoms with van der Waals surface area (Å²) in [4.78, 5) is 17.5. The molecular weight excluding hydrogens is 276 g/mol. The van der Waals surface area contributed by atoms with E-state index < -0.39 is 17.7 Å². The number of carbonyl (C=O) groups excluding carboxylic acids is 1. The second-order valence-corrected chi connectivity index (χ2v) is 5.41. The highest BCUT2D eigenvalue weighted by atomic mass is 19.2. The highest BCUT2D eigenvalue weighted by molar-refractivity contribution is 5.94. The van der Waals surface area contributed by atoms with Crippen molar-refractivity contribution in [1.29, 1.82) is 0 Å². The van der Waals surface area contributed by atoms with E-state index in [1.165, 1.54) is 18.9 Å². The lowest BCUT2D eigenvalue weighted by Crippen LogP contribution is -2.45. The molecule has 21 heavy (non-hydrogen) atoms. The number of nitrogens with zero attached hydrogens (tertiary/aromatic N) is 2. The van der Waals surface area contributed by atoms with Crippen molar-refractivity contribution in [2.75, 3.05) is 19.6 Å². The van der Waals surface area contributed by atoms with Crippen molar-refractivity contribution < 1.29 is 13.6 Å². The highest BCUT2D eigenvalue weighted by Crippen LogP contribution is 2.13. The molecule has 1 saturated heterocycles. The van der Waals surface area contributed by atoms with Gasteiger partial charge in [-0.2, -0.15) is 4.39 Å². The van der Waals surface area contributed by atoms with Crippen LogP contribution in [-0.2, 0) is 0 Å². The number of pyridine rings is 1. The van der Waals surface area contributed by atoms with Crippen LogP contribution in [0.4, 0.5) is 8.78 Å². The fourth-order valence-corrected chi connectivity index (χ4v) is 2.54. The van der Waals surface area contributed by atoms with Gasteiger partial charge >= 0.3 is 0 Å². The zero-order chi connectivity index (χ0) is 15.2. The predicted molar refractivity (Wildman–Crippen MR) is 76.0 cm³/mol. The van der Waals surface area contributed by atoms with E-state index in [0.29, 0.717) is 0 Å². The number of halogens is 2. The number of carbonyl (C=O) groups is 1. The molecule has 0 atom stereocenters. The molecule has 1 aliphatic rings. The van der Waals surface area contributed by atoms with Crippen molar-refractivity contribution in [3.05, 3.63) is 29.6 Å². The molecule has 0 unspecified atom stereocenters. The molecule has 6 heteroatoms. The summed E-state index contributed by atoms with van der Waals surface area (Å²) in [5.74, 6) is -2.99. The molecule has 1 N–H and O–H groups in total. The monoisotopic (exact) mass is 297 g/mol. The van der Waals surface area contributed by atoms with Crippen LogP contribution in [0, 0.1) is 11.8 Å². The molecule has 0 aromatic carbocycles. The molecule has 1 amide bonds. The van der Waals surface area contributed by atoms with Gasteiger partial charge in [-0.15, -0.1) is 0 Å². The maximum atomic E-state index is 13.5. The van der Waals surface area contributed by atoms with Crippen molar-refractivity contribution >= 4 is 5.91 Å². The maximum Gasteiger partial charge on any atom is 0.254 e. The van der Waals surface area contributed by atoms with Gasteiger partial charge in [0.1, 0.15) is 0 Å². The Labute approximate surface area is 123 Å². The molecule has 0 spiro atoms. The summed E-state index contributed by atoms with van der Waals surface area (Å²) < 4.78 is 26.5. The van der Waals surface area contributed by atoms with Crippen LogP contribution in [0.25, 0.3) is 0 Å². The van der Waals surface area contributed by atoms with Crippen LogP contribution in [0.5, 0.6) is 0 Å². The molecule has 4 nitrogen and oxygen atoms in total. The molecule has 1 aliphatic heterocycles. The van der Waals surface area contributed by atoms with E-state index in [1.54, 1.807) is 0 Å². The number of hydrogen-bond acceptors (Lipinski definition) is 3. The first-order valence-corrected chi connectivity index (χ1v) is 7.45. The molecule has 1 aromatic rings. The lowest BCUT2D eigenvalue weighted by Gasteiger charge is -2.32. The number of hydrogen-bond donors (Lipinski definition) is 1. The van der Waals surface area contributed by atoms with Gasteiger partial charge in [-0.3, -0.25) is 4.79 Å². The molecular formula is C15H21F2N3O. The first kappa shape index (κ1) is 15.8. The third-order valence-electron chi connectivity index (χ3n) is 3.84. The zero-order valence-corrected chi connectivity index (χ0v) is 12.2. The Hall–Kier alpha value is -1.56. The van der Waals surface area contributed by atoms with Gasteiger partial charge in [0.25, 0.3) is 5.91 Å². The number of likely N-dealkylation sites (tertiary alicyclic amines) is 1. The molecule has 1 fully saturated rings. The van der Waals surface area contributed by atoms with Crippen molar-refractivity contribution in [2.24, 2.45) is 0 Å². The Balaban J connectivity index is 1.86. The summed E-state index contributed by atoms with van der Waals surface area (Å²) in [5.41, 5.74) is -0.282. The standard InChI is InChI=1S/C15H21F2N3O/c1-2-3-8-20-9-5-11(6-10-20)19-15(21)12-4-7-18-14(17)13(12)16/h4,7,11H,2-3,5-6,8-10H2,1H3,(H,19,21). The summed E-state index contributed by atoms with van der Waals surface area (Å²) >= 11 is 0. The minimum absolute atomic E-state index is 0.0194. The maximum absolute atomic E-state index is 13.5. The molecule has 0 radical (unpaired) electrons. The lowest BCUT2D eigenvalue weighted by molar-refractivity contribution is 0.0905. The normalized spacial score (nSPS) is 16.9. The van der Waals surface area contributed by atoms with Gasteiger partial charge in [0.15, 0.2) is 5.82 Å². The molecule has 0 bridgehead atoms. The van der Waals surface area contributed by atoms with Crippen molar-refractivity contribution in [3.63, 3.8) is 0 Å². The van der Waals surface area contributed by atoms with Gasteiger partial charge in [-0.05, 0) is 31.9 Å². The zero-order valence-electron chi connectivity index (χ0n) is 12.2. The number of amides is 1. The van der Waals surface area contributed by atoms with E-state index in [-0.39, 0.29) is 11.6 Å². The third kappa shape index (κ3) is 4.20. The van der Waals surface area contributed by atoms with Crippen LogP contribution in [0.15, 0.2) is 12.3 Å². The molecule has 116 valence electrons. The van der Waals surface area contributed by atoms with Gasteiger partial charge in [0.2, 0.25) is 5.95 Å². The van der Waals surface area contributed by atoms with E-state index in [2.05, 4.69) is 22.1 Å². The molecule has 1 aromatic heterocycles.